The number of nitrogens with one attached hydrogen (secondary N) is 1. The van der Waals surface area contributed by atoms with Gasteiger partial charge in [0.05, 0.1) is 5.75 Å². The molecule has 2 aromatic heterocycles. The van der Waals surface area contributed by atoms with Crippen LogP contribution in [0.5, 0.6) is 0 Å². The van der Waals surface area contributed by atoms with E-state index in [0.717, 1.165) is 33.0 Å². The maximum atomic E-state index is 12.7. The highest BCUT2D eigenvalue weighted by Crippen LogP contribution is 2.27. The molecule has 27 heavy (non-hydrogen) atoms. The van der Waals surface area contributed by atoms with Crippen molar-refractivity contribution in [2.45, 2.75) is 44.6 Å². The molecular weight excluding hydrogens is 376 g/mol. The molecule has 0 bridgehead atoms. The van der Waals surface area contributed by atoms with Crippen LogP contribution in [0.3, 0.4) is 0 Å². The normalized spacial score (nSPS) is 11.1. The van der Waals surface area contributed by atoms with E-state index in [2.05, 4.69) is 53.0 Å². The molecule has 3 rings (SSSR count). The van der Waals surface area contributed by atoms with Crippen molar-refractivity contribution >= 4 is 34.0 Å². The first-order valence-electron chi connectivity index (χ1n) is 8.90. The van der Waals surface area contributed by atoms with Gasteiger partial charge in [-0.05, 0) is 39.3 Å². The molecule has 142 valence electrons. The summed E-state index contributed by atoms with van der Waals surface area (Å²) in [5.41, 5.74) is 4.14. The molecule has 0 radical (unpaired) electrons. The predicted octanol–water partition coefficient (Wildman–Crippen LogP) is 4.80. The maximum Gasteiger partial charge on any atom is 0.206 e. The van der Waals surface area contributed by atoms with Crippen LogP contribution < -0.4 is 5.32 Å². The summed E-state index contributed by atoms with van der Waals surface area (Å²) in [7, 11) is 0. The van der Waals surface area contributed by atoms with Crippen molar-refractivity contribution in [1.82, 2.24) is 14.8 Å². The number of carbonyl (C=O) groups excluding carboxylic acids is 1. The molecule has 0 aliphatic rings. The maximum absolute atomic E-state index is 12.7. The monoisotopic (exact) mass is 400 g/mol. The van der Waals surface area contributed by atoms with E-state index in [-0.39, 0.29) is 5.78 Å². The third-order valence-corrected chi connectivity index (χ3v) is 6.19. The lowest BCUT2D eigenvalue weighted by Gasteiger charge is -2.10. The zero-order chi connectivity index (χ0) is 19.4. The average Bonchev–Trinajstić information content (AvgIpc) is 3.19. The molecule has 1 aromatic carbocycles. The smallest absolute Gasteiger partial charge is 0.206 e. The number of carbonyl (C=O) groups is 1. The SMILES string of the molecule is Cc1cc(C(=O)CSc2nnc(NC(C)C)s2)c(C)n1Cc1ccccc1. The lowest BCUT2D eigenvalue weighted by Crippen LogP contribution is -2.08. The number of nitrogens with zero attached hydrogens (tertiary/aromatic N) is 3. The standard InChI is InChI=1S/C20H24N4OS2/c1-13(2)21-19-22-23-20(27-19)26-12-18(25)17-10-14(3)24(15(17)4)11-16-8-6-5-7-9-16/h5-10,13H,11-12H2,1-4H3,(H,21,22). The number of aromatic nitrogens is 3. The van der Waals surface area contributed by atoms with E-state index in [1.54, 1.807) is 0 Å². The lowest BCUT2D eigenvalue weighted by molar-refractivity contribution is 0.102. The van der Waals surface area contributed by atoms with E-state index >= 15 is 0 Å². The minimum Gasteiger partial charge on any atom is -0.358 e. The van der Waals surface area contributed by atoms with Gasteiger partial charge in [-0.2, -0.15) is 0 Å². The van der Waals surface area contributed by atoms with Crippen LogP contribution in [0.1, 0.15) is 41.2 Å². The lowest BCUT2D eigenvalue weighted by atomic mass is 10.2. The zero-order valence-corrected chi connectivity index (χ0v) is 17.7. The first kappa shape index (κ1) is 19.6. The molecule has 0 spiro atoms. The van der Waals surface area contributed by atoms with Crippen molar-refractivity contribution in [3.05, 3.63) is 58.9 Å². The summed E-state index contributed by atoms with van der Waals surface area (Å²) in [5.74, 6) is 0.493. The quantitative estimate of drug-likeness (QED) is 0.435. The third-order valence-electron chi connectivity index (χ3n) is 4.20. The van der Waals surface area contributed by atoms with Gasteiger partial charge >= 0.3 is 0 Å². The summed E-state index contributed by atoms with van der Waals surface area (Å²) in [6.07, 6.45) is 0. The van der Waals surface area contributed by atoms with Crippen molar-refractivity contribution in [1.29, 1.82) is 0 Å². The number of rotatable bonds is 8. The Morgan fingerprint density at radius 1 is 1.22 bits per heavy atom. The van der Waals surface area contributed by atoms with Crippen molar-refractivity contribution in [3.63, 3.8) is 0 Å². The summed E-state index contributed by atoms with van der Waals surface area (Å²) in [5, 5.41) is 12.3. The van der Waals surface area contributed by atoms with Crippen LogP contribution in [-0.4, -0.2) is 32.3 Å². The molecule has 0 unspecified atom stereocenters. The Bertz CT molecular complexity index is 915. The fourth-order valence-electron chi connectivity index (χ4n) is 2.87. The number of aryl methyl sites for hydroxylation is 1. The zero-order valence-electron chi connectivity index (χ0n) is 16.0. The Morgan fingerprint density at radius 3 is 2.67 bits per heavy atom. The van der Waals surface area contributed by atoms with Crippen molar-refractivity contribution in [3.8, 4) is 0 Å². The second-order valence-electron chi connectivity index (χ2n) is 6.74. The van der Waals surface area contributed by atoms with Crippen molar-refractivity contribution in [2.75, 3.05) is 11.1 Å². The molecule has 3 aromatic rings. The van der Waals surface area contributed by atoms with Crippen molar-refractivity contribution in [2.24, 2.45) is 0 Å². The number of hydrogen-bond acceptors (Lipinski definition) is 6. The van der Waals surface area contributed by atoms with E-state index in [0.29, 0.717) is 11.8 Å². The minimum atomic E-state index is 0.126. The second-order valence-corrected chi connectivity index (χ2v) is 8.94. The van der Waals surface area contributed by atoms with Gasteiger partial charge in [0.2, 0.25) is 5.13 Å². The van der Waals surface area contributed by atoms with Gasteiger partial charge in [-0.3, -0.25) is 4.79 Å². The number of anilines is 1. The third kappa shape index (κ3) is 4.99. The van der Waals surface area contributed by atoms with E-state index in [1.807, 2.05) is 31.2 Å². The average molecular weight is 401 g/mol. The van der Waals surface area contributed by atoms with E-state index in [1.165, 1.54) is 28.7 Å². The molecule has 0 aliphatic heterocycles. The number of ketones is 1. The summed E-state index contributed by atoms with van der Waals surface area (Å²) in [6.45, 7) is 8.96. The summed E-state index contributed by atoms with van der Waals surface area (Å²) < 4.78 is 3.01. The largest absolute Gasteiger partial charge is 0.358 e. The van der Waals surface area contributed by atoms with Crippen molar-refractivity contribution < 1.29 is 4.79 Å². The molecule has 5 nitrogen and oxygen atoms in total. The van der Waals surface area contributed by atoms with Crippen LogP contribution in [0.25, 0.3) is 0 Å². The Kier molecular flexibility index (Phi) is 6.34. The van der Waals surface area contributed by atoms with E-state index in [4.69, 9.17) is 0 Å². The Labute approximate surface area is 168 Å². The number of Topliss-reactive ketones (excluding diaryl/α,β-unsaturated/α-hetero) is 1. The highest BCUT2D eigenvalue weighted by atomic mass is 32.2. The Hall–Kier alpha value is -2.12. The fourth-order valence-corrected chi connectivity index (χ4v) is 4.65. The van der Waals surface area contributed by atoms with Gasteiger partial charge in [-0.1, -0.05) is 53.4 Å². The van der Waals surface area contributed by atoms with Gasteiger partial charge < -0.3 is 9.88 Å². The van der Waals surface area contributed by atoms with Gasteiger partial charge in [-0.15, -0.1) is 10.2 Å². The van der Waals surface area contributed by atoms with Gasteiger partial charge in [-0.25, -0.2) is 0 Å². The van der Waals surface area contributed by atoms with Gasteiger partial charge in [0.25, 0.3) is 0 Å². The number of thioether (sulfide) groups is 1. The molecule has 0 atom stereocenters. The number of hydrogen-bond donors (Lipinski definition) is 1. The summed E-state index contributed by atoms with van der Waals surface area (Å²) in [6, 6.07) is 12.6. The molecule has 0 fully saturated rings. The molecule has 7 heteroatoms. The molecule has 2 heterocycles. The van der Waals surface area contributed by atoms with Crippen LogP contribution in [0, 0.1) is 13.8 Å². The minimum absolute atomic E-state index is 0.126. The first-order chi connectivity index (χ1) is 12.9. The number of benzene rings is 1. The van der Waals surface area contributed by atoms with Gasteiger partial charge in [0.1, 0.15) is 0 Å². The Balaban J connectivity index is 1.66. The topological polar surface area (TPSA) is 59.8 Å². The van der Waals surface area contributed by atoms with Gasteiger partial charge in [0, 0.05) is 29.5 Å². The van der Waals surface area contributed by atoms with E-state index < -0.39 is 0 Å². The molecule has 0 amide bonds. The van der Waals surface area contributed by atoms with Crippen LogP contribution in [0.15, 0.2) is 40.7 Å². The first-order valence-corrected chi connectivity index (χ1v) is 10.7. The van der Waals surface area contributed by atoms with Crippen LogP contribution in [0.2, 0.25) is 0 Å². The molecule has 1 N–H and O–H groups in total. The second kappa shape index (κ2) is 8.71. The molecule has 0 saturated carbocycles. The molecule has 0 saturated heterocycles. The van der Waals surface area contributed by atoms with Crippen LogP contribution in [-0.2, 0) is 6.54 Å². The van der Waals surface area contributed by atoms with Crippen LogP contribution in [0.4, 0.5) is 5.13 Å². The highest BCUT2D eigenvalue weighted by molar-refractivity contribution is 8.01. The highest BCUT2D eigenvalue weighted by Gasteiger charge is 2.17. The summed E-state index contributed by atoms with van der Waals surface area (Å²) in [4.78, 5) is 12.7. The molecule has 0 aliphatic carbocycles. The predicted molar refractivity (Wildman–Crippen MR) is 113 cm³/mol. The Morgan fingerprint density at radius 2 is 1.96 bits per heavy atom. The summed E-state index contributed by atoms with van der Waals surface area (Å²) >= 11 is 2.93. The fraction of sp³-hybridized carbons (Fsp3) is 0.350. The molecular formula is C20H24N4OS2. The van der Waals surface area contributed by atoms with E-state index in [9.17, 15) is 4.79 Å². The van der Waals surface area contributed by atoms with Crippen LogP contribution >= 0.6 is 23.1 Å². The van der Waals surface area contributed by atoms with Gasteiger partial charge in [0.15, 0.2) is 10.1 Å².